The molecule has 82 valence electrons. The van der Waals surface area contributed by atoms with Crippen molar-refractivity contribution in [1.29, 1.82) is 0 Å². The first-order chi connectivity index (χ1) is 6.27. The van der Waals surface area contributed by atoms with Gasteiger partial charge >= 0.3 is 0 Å². The Morgan fingerprint density at radius 2 is 2.14 bits per heavy atom. The molecule has 1 rings (SSSR count). The lowest BCUT2D eigenvalue weighted by atomic mass is 9.86. The first-order valence-corrected chi connectivity index (χ1v) is 4.68. The van der Waals surface area contributed by atoms with E-state index in [9.17, 15) is 15.0 Å². The SMILES string of the molecule is CC(=O)C1[C@H](N)[C@H](O)[C@H](C)OC1(O)Cl. The Bertz CT molecular complexity index is 245. The predicted molar refractivity (Wildman–Crippen MR) is 49.5 cm³/mol. The van der Waals surface area contributed by atoms with Crippen molar-refractivity contribution in [3.8, 4) is 0 Å². The topological polar surface area (TPSA) is 92.8 Å². The summed E-state index contributed by atoms with van der Waals surface area (Å²) in [5.74, 6) is -1.53. The molecule has 0 saturated carbocycles. The minimum absolute atomic E-state index is 0.416. The van der Waals surface area contributed by atoms with Crippen molar-refractivity contribution in [3.05, 3.63) is 0 Å². The van der Waals surface area contributed by atoms with Crippen LogP contribution in [0.2, 0.25) is 0 Å². The monoisotopic (exact) mass is 223 g/mol. The van der Waals surface area contributed by atoms with Gasteiger partial charge in [0.25, 0.3) is 5.25 Å². The van der Waals surface area contributed by atoms with Gasteiger partial charge in [-0.2, -0.15) is 0 Å². The summed E-state index contributed by atoms with van der Waals surface area (Å²) >= 11 is 5.61. The Hall–Kier alpha value is -0.200. The first kappa shape index (κ1) is 11.9. The van der Waals surface area contributed by atoms with Crippen LogP contribution in [0, 0.1) is 5.92 Å². The van der Waals surface area contributed by atoms with Crippen LogP contribution in [0.5, 0.6) is 0 Å². The van der Waals surface area contributed by atoms with Gasteiger partial charge in [-0.15, -0.1) is 0 Å². The molecule has 0 aromatic rings. The van der Waals surface area contributed by atoms with Gasteiger partial charge in [0.2, 0.25) is 0 Å². The zero-order valence-corrected chi connectivity index (χ0v) is 8.73. The molecule has 5 nitrogen and oxygen atoms in total. The Morgan fingerprint density at radius 3 is 2.57 bits per heavy atom. The van der Waals surface area contributed by atoms with Gasteiger partial charge in [-0.1, -0.05) is 11.6 Å². The summed E-state index contributed by atoms with van der Waals surface area (Å²) in [6.45, 7) is 2.76. The quantitative estimate of drug-likeness (QED) is 0.506. The zero-order valence-electron chi connectivity index (χ0n) is 7.98. The number of rotatable bonds is 1. The molecular weight excluding hydrogens is 210 g/mol. The molecule has 1 aliphatic rings. The second-order valence-electron chi connectivity index (χ2n) is 3.59. The molecule has 0 aromatic carbocycles. The maximum absolute atomic E-state index is 11.2. The van der Waals surface area contributed by atoms with Crippen LogP contribution in [0.1, 0.15) is 13.8 Å². The largest absolute Gasteiger partial charge is 0.389 e. The van der Waals surface area contributed by atoms with Crippen LogP contribution in [0.3, 0.4) is 0 Å². The molecule has 14 heavy (non-hydrogen) atoms. The highest BCUT2D eigenvalue weighted by Gasteiger charge is 2.52. The predicted octanol–water partition coefficient (Wildman–Crippen LogP) is -0.817. The maximum Gasteiger partial charge on any atom is 0.257 e. The molecule has 4 N–H and O–H groups in total. The molecule has 0 radical (unpaired) electrons. The maximum atomic E-state index is 11.2. The Morgan fingerprint density at radius 1 is 1.64 bits per heavy atom. The van der Waals surface area contributed by atoms with E-state index in [4.69, 9.17) is 22.1 Å². The second-order valence-corrected chi connectivity index (χ2v) is 4.13. The molecule has 0 bridgehead atoms. The van der Waals surface area contributed by atoms with Crippen molar-refractivity contribution in [2.45, 2.75) is 37.3 Å². The lowest BCUT2D eigenvalue weighted by Crippen LogP contribution is -2.63. The molecule has 0 spiro atoms. The summed E-state index contributed by atoms with van der Waals surface area (Å²) in [5.41, 5.74) is 5.59. The fourth-order valence-corrected chi connectivity index (χ4v) is 2.11. The fourth-order valence-electron chi connectivity index (χ4n) is 1.67. The van der Waals surface area contributed by atoms with Crippen molar-refractivity contribution < 1.29 is 19.7 Å². The lowest BCUT2D eigenvalue weighted by Gasteiger charge is -2.43. The van der Waals surface area contributed by atoms with E-state index in [1.54, 1.807) is 0 Å². The number of aliphatic hydroxyl groups excluding tert-OH is 1. The Balaban J connectivity index is 2.96. The third kappa shape index (κ3) is 1.92. The van der Waals surface area contributed by atoms with Crippen LogP contribution < -0.4 is 5.73 Å². The van der Waals surface area contributed by atoms with Gasteiger partial charge in [-0.25, -0.2) is 0 Å². The summed E-state index contributed by atoms with van der Waals surface area (Å²) in [6, 6.07) is -0.918. The van der Waals surface area contributed by atoms with E-state index in [1.807, 2.05) is 0 Å². The third-order valence-corrected chi connectivity index (χ3v) is 2.76. The zero-order chi connectivity index (χ0) is 11.1. The van der Waals surface area contributed by atoms with Crippen molar-refractivity contribution in [3.63, 3.8) is 0 Å². The highest BCUT2D eigenvalue weighted by atomic mass is 35.5. The fraction of sp³-hybridized carbons (Fsp3) is 0.875. The lowest BCUT2D eigenvalue weighted by molar-refractivity contribution is -0.252. The third-order valence-electron chi connectivity index (χ3n) is 2.43. The molecule has 6 heteroatoms. The van der Waals surface area contributed by atoms with Crippen LogP contribution in [-0.2, 0) is 9.53 Å². The van der Waals surface area contributed by atoms with Gasteiger partial charge in [0, 0.05) is 6.04 Å². The van der Waals surface area contributed by atoms with Gasteiger partial charge in [-0.3, -0.25) is 4.79 Å². The molecule has 1 fully saturated rings. The van der Waals surface area contributed by atoms with Crippen LogP contribution in [0.25, 0.3) is 0 Å². The van der Waals surface area contributed by atoms with Gasteiger partial charge < -0.3 is 20.7 Å². The number of ether oxygens (including phenoxy) is 1. The number of Topliss-reactive ketones (excluding diaryl/α,β-unsaturated/α-hetero) is 1. The number of aliphatic hydroxyl groups is 2. The number of ketones is 1. The minimum atomic E-state index is -2.12. The van der Waals surface area contributed by atoms with Gasteiger partial charge in [-0.05, 0) is 13.8 Å². The summed E-state index contributed by atoms with van der Waals surface area (Å²) in [6.07, 6.45) is -1.72. The normalized spacial score (nSPS) is 49.0. The molecule has 1 saturated heterocycles. The standard InChI is InChI=1S/C8H14ClNO4/c1-3(11)5-6(10)7(12)4(2)14-8(5,9)13/h4-7,12-13H,10H2,1-2H3/t4-,5?,6-,7+,8?/m0/s1. The molecule has 1 aliphatic heterocycles. The second kappa shape index (κ2) is 3.75. The highest BCUT2D eigenvalue weighted by Crippen LogP contribution is 2.35. The van der Waals surface area contributed by atoms with Crippen LogP contribution in [0.15, 0.2) is 0 Å². The van der Waals surface area contributed by atoms with E-state index in [2.05, 4.69) is 0 Å². The van der Waals surface area contributed by atoms with Crippen molar-refractivity contribution in [2.75, 3.05) is 0 Å². The highest BCUT2D eigenvalue weighted by molar-refractivity contribution is 6.23. The van der Waals surface area contributed by atoms with E-state index in [0.717, 1.165) is 0 Å². The number of alkyl halides is 1. The number of carbonyl (C=O) groups excluding carboxylic acids is 1. The Kier molecular flexibility index (Phi) is 3.18. The van der Waals surface area contributed by atoms with E-state index in [1.165, 1.54) is 13.8 Å². The number of hydrogen-bond acceptors (Lipinski definition) is 5. The number of nitrogens with two attached hydrogens (primary N) is 1. The molecule has 2 unspecified atom stereocenters. The molecular formula is C8H14ClNO4. The van der Waals surface area contributed by atoms with Gasteiger partial charge in [0.15, 0.2) is 0 Å². The summed E-state index contributed by atoms with van der Waals surface area (Å²) in [7, 11) is 0. The molecule has 5 atom stereocenters. The average Bonchev–Trinajstić information content (AvgIpc) is 1.98. The molecule has 0 aromatic heterocycles. The van der Waals surface area contributed by atoms with E-state index >= 15 is 0 Å². The number of hydrogen-bond donors (Lipinski definition) is 3. The van der Waals surface area contributed by atoms with Crippen molar-refractivity contribution >= 4 is 17.4 Å². The van der Waals surface area contributed by atoms with Crippen LogP contribution in [0.4, 0.5) is 0 Å². The summed E-state index contributed by atoms with van der Waals surface area (Å²) in [5, 5.41) is 17.0. The number of halogens is 1. The van der Waals surface area contributed by atoms with Crippen LogP contribution >= 0.6 is 11.6 Å². The van der Waals surface area contributed by atoms with Gasteiger partial charge in [0.05, 0.1) is 12.2 Å². The van der Waals surface area contributed by atoms with E-state index < -0.39 is 35.2 Å². The summed E-state index contributed by atoms with van der Waals surface area (Å²) < 4.78 is 4.90. The van der Waals surface area contributed by atoms with E-state index in [0.29, 0.717) is 0 Å². The van der Waals surface area contributed by atoms with E-state index in [-0.39, 0.29) is 0 Å². The molecule has 0 amide bonds. The minimum Gasteiger partial charge on any atom is -0.389 e. The van der Waals surface area contributed by atoms with Crippen LogP contribution in [-0.4, -0.2) is 39.5 Å². The first-order valence-electron chi connectivity index (χ1n) is 4.30. The smallest absolute Gasteiger partial charge is 0.257 e. The number of carbonyl (C=O) groups is 1. The molecule has 0 aliphatic carbocycles. The van der Waals surface area contributed by atoms with Gasteiger partial charge in [0.1, 0.15) is 11.7 Å². The van der Waals surface area contributed by atoms with Crippen molar-refractivity contribution in [1.82, 2.24) is 0 Å². The Labute approximate surface area is 86.8 Å². The van der Waals surface area contributed by atoms with Crippen molar-refractivity contribution in [2.24, 2.45) is 11.7 Å². The summed E-state index contributed by atoms with van der Waals surface area (Å²) in [4.78, 5) is 11.2. The molecule has 1 heterocycles. The average molecular weight is 224 g/mol.